The number of nitrogens with zero attached hydrogens (tertiary/aromatic N) is 1. The minimum atomic E-state index is 0.316. The smallest absolute Gasteiger partial charge is 0.222 e. The van der Waals surface area contributed by atoms with E-state index in [9.17, 15) is 4.79 Å². The number of nitrogens with one attached hydrogen (secondary N) is 1. The molecule has 0 saturated carbocycles. The average molecular weight is 252 g/mol. The first kappa shape index (κ1) is 13.9. The van der Waals surface area contributed by atoms with Crippen LogP contribution in [0.1, 0.15) is 58.8 Å². The molecule has 2 fully saturated rings. The Morgan fingerprint density at radius 2 is 2.17 bits per heavy atom. The summed E-state index contributed by atoms with van der Waals surface area (Å²) in [5, 5.41) is 3.52. The molecule has 1 N–H and O–H groups in total. The molecule has 104 valence electrons. The van der Waals surface area contributed by atoms with Gasteiger partial charge in [-0.2, -0.15) is 0 Å². The lowest BCUT2D eigenvalue weighted by molar-refractivity contribution is -0.134. The zero-order valence-electron chi connectivity index (χ0n) is 12.0. The maximum atomic E-state index is 12.2. The predicted molar refractivity (Wildman–Crippen MR) is 74.5 cm³/mol. The van der Waals surface area contributed by atoms with E-state index >= 15 is 0 Å². The first-order chi connectivity index (χ1) is 8.57. The second-order valence-electron chi connectivity index (χ2n) is 6.77. The number of amides is 1. The summed E-state index contributed by atoms with van der Waals surface area (Å²) in [6, 6.07) is 0.584. The molecule has 18 heavy (non-hydrogen) atoms. The van der Waals surface area contributed by atoms with Gasteiger partial charge in [-0.3, -0.25) is 4.79 Å². The Morgan fingerprint density at radius 3 is 2.83 bits per heavy atom. The number of rotatable bonds is 3. The Labute approximate surface area is 111 Å². The molecule has 2 saturated heterocycles. The summed E-state index contributed by atoms with van der Waals surface area (Å²) < 4.78 is 0. The predicted octanol–water partition coefficient (Wildman–Crippen LogP) is 2.56. The molecule has 0 aromatic rings. The third-order valence-corrected chi connectivity index (χ3v) is 4.37. The van der Waals surface area contributed by atoms with Crippen LogP contribution in [-0.2, 0) is 4.79 Å². The molecule has 0 aliphatic carbocycles. The van der Waals surface area contributed by atoms with E-state index in [1.54, 1.807) is 0 Å². The number of hydrogen-bond acceptors (Lipinski definition) is 2. The SMILES string of the molecule is CC1(C)CCCN(C(=O)CCC2CCCCN2)C1. The van der Waals surface area contributed by atoms with Crippen LogP contribution in [0.4, 0.5) is 0 Å². The fraction of sp³-hybridized carbons (Fsp3) is 0.933. The van der Waals surface area contributed by atoms with Crippen molar-refractivity contribution >= 4 is 5.91 Å². The van der Waals surface area contributed by atoms with Crippen LogP contribution in [0, 0.1) is 5.41 Å². The number of piperidine rings is 2. The van der Waals surface area contributed by atoms with E-state index < -0.39 is 0 Å². The Morgan fingerprint density at radius 1 is 1.33 bits per heavy atom. The number of hydrogen-bond donors (Lipinski definition) is 1. The molecule has 1 atom stereocenters. The van der Waals surface area contributed by atoms with Crippen LogP contribution in [0.25, 0.3) is 0 Å². The van der Waals surface area contributed by atoms with Crippen LogP contribution in [-0.4, -0.2) is 36.5 Å². The fourth-order valence-electron chi connectivity index (χ4n) is 3.26. The maximum Gasteiger partial charge on any atom is 0.222 e. The summed E-state index contributed by atoms with van der Waals surface area (Å²) >= 11 is 0. The van der Waals surface area contributed by atoms with Crippen LogP contribution in [0.3, 0.4) is 0 Å². The van der Waals surface area contributed by atoms with Gasteiger partial charge in [0.1, 0.15) is 0 Å². The van der Waals surface area contributed by atoms with E-state index in [4.69, 9.17) is 0 Å². The Hall–Kier alpha value is -0.570. The van der Waals surface area contributed by atoms with Gasteiger partial charge < -0.3 is 10.2 Å². The first-order valence-corrected chi connectivity index (χ1v) is 7.58. The van der Waals surface area contributed by atoms with Gasteiger partial charge in [-0.15, -0.1) is 0 Å². The van der Waals surface area contributed by atoms with Crippen molar-refractivity contribution in [2.45, 2.75) is 64.8 Å². The van der Waals surface area contributed by atoms with E-state index in [1.165, 1.54) is 32.1 Å². The molecular formula is C15H28N2O. The van der Waals surface area contributed by atoms with Gasteiger partial charge in [0.25, 0.3) is 0 Å². The second-order valence-corrected chi connectivity index (χ2v) is 6.77. The minimum Gasteiger partial charge on any atom is -0.342 e. The van der Waals surface area contributed by atoms with Crippen molar-refractivity contribution in [3.63, 3.8) is 0 Å². The Bertz CT molecular complexity index is 282. The van der Waals surface area contributed by atoms with Crippen LogP contribution in [0.2, 0.25) is 0 Å². The molecule has 2 aliphatic heterocycles. The topological polar surface area (TPSA) is 32.3 Å². The lowest BCUT2D eigenvalue weighted by atomic mass is 9.84. The molecule has 0 spiro atoms. The van der Waals surface area contributed by atoms with E-state index in [0.29, 0.717) is 17.4 Å². The molecule has 2 aliphatic rings. The zero-order valence-corrected chi connectivity index (χ0v) is 12.0. The highest BCUT2D eigenvalue weighted by atomic mass is 16.2. The van der Waals surface area contributed by atoms with Crippen LogP contribution < -0.4 is 5.32 Å². The molecule has 3 nitrogen and oxygen atoms in total. The van der Waals surface area contributed by atoms with Gasteiger partial charge in [-0.1, -0.05) is 20.3 Å². The van der Waals surface area contributed by atoms with Crippen molar-refractivity contribution in [1.82, 2.24) is 10.2 Å². The number of carbonyl (C=O) groups excluding carboxylic acids is 1. The molecule has 0 radical (unpaired) electrons. The highest BCUT2D eigenvalue weighted by Crippen LogP contribution is 2.28. The Kier molecular flexibility index (Phi) is 4.66. The lowest BCUT2D eigenvalue weighted by Gasteiger charge is -2.38. The molecule has 0 aromatic carbocycles. The third kappa shape index (κ3) is 3.98. The molecule has 2 rings (SSSR count). The van der Waals surface area contributed by atoms with Crippen molar-refractivity contribution in [1.29, 1.82) is 0 Å². The van der Waals surface area contributed by atoms with Gasteiger partial charge in [0.2, 0.25) is 5.91 Å². The van der Waals surface area contributed by atoms with Crippen molar-refractivity contribution in [2.75, 3.05) is 19.6 Å². The molecule has 3 heteroatoms. The summed E-state index contributed by atoms with van der Waals surface area (Å²) in [7, 11) is 0. The van der Waals surface area contributed by atoms with Gasteiger partial charge in [0, 0.05) is 25.6 Å². The molecule has 0 aromatic heterocycles. The highest BCUT2D eigenvalue weighted by Gasteiger charge is 2.29. The summed E-state index contributed by atoms with van der Waals surface area (Å²) in [5.74, 6) is 0.371. The van der Waals surface area contributed by atoms with Gasteiger partial charge >= 0.3 is 0 Å². The van der Waals surface area contributed by atoms with Crippen LogP contribution in [0.15, 0.2) is 0 Å². The molecule has 1 amide bonds. The second kappa shape index (κ2) is 6.05. The van der Waals surface area contributed by atoms with Crippen molar-refractivity contribution < 1.29 is 4.79 Å². The Balaban J connectivity index is 1.73. The average Bonchev–Trinajstić information content (AvgIpc) is 2.36. The number of carbonyl (C=O) groups is 1. The first-order valence-electron chi connectivity index (χ1n) is 7.58. The number of likely N-dealkylation sites (tertiary alicyclic amines) is 1. The molecular weight excluding hydrogens is 224 g/mol. The van der Waals surface area contributed by atoms with Crippen molar-refractivity contribution in [3.05, 3.63) is 0 Å². The highest BCUT2D eigenvalue weighted by molar-refractivity contribution is 5.76. The monoisotopic (exact) mass is 252 g/mol. The van der Waals surface area contributed by atoms with Gasteiger partial charge in [0.05, 0.1) is 0 Å². The molecule has 2 heterocycles. The van der Waals surface area contributed by atoms with Gasteiger partial charge in [-0.25, -0.2) is 0 Å². The quantitative estimate of drug-likeness (QED) is 0.837. The van der Waals surface area contributed by atoms with Gasteiger partial charge in [0.15, 0.2) is 0 Å². The van der Waals surface area contributed by atoms with Crippen LogP contribution >= 0.6 is 0 Å². The van der Waals surface area contributed by atoms with E-state index in [0.717, 1.165) is 32.5 Å². The molecule has 0 bridgehead atoms. The largest absolute Gasteiger partial charge is 0.342 e. The van der Waals surface area contributed by atoms with Gasteiger partial charge in [-0.05, 0) is 44.1 Å². The van der Waals surface area contributed by atoms with E-state index in [1.807, 2.05) is 0 Å². The summed E-state index contributed by atoms with van der Waals surface area (Å²) in [6.45, 7) is 7.60. The lowest BCUT2D eigenvalue weighted by Crippen LogP contribution is -2.44. The summed E-state index contributed by atoms with van der Waals surface area (Å²) in [5.41, 5.74) is 0.316. The van der Waals surface area contributed by atoms with Crippen LogP contribution in [0.5, 0.6) is 0 Å². The zero-order chi connectivity index (χ0) is 13.0. The normalized spacial score (nSPS) is 28.1. The standard InChI is InChI=1S/C15H28N2O/c1-15(2)9-5-11-17(12-15)14(18)8-7-13-6-3-4-10-16-13/h13,16H,3-12H2,1-2H3. The van der Waals surface area contributed by atoms with Crippen molar-refractivity contribution in [3.8, 4) is 0 Å². The van der Waals surface area contributed by atoms with E-state index in [-0.39, 0.29) is 0 Å². The fourth-order valence-corrected chi connectivity index (χ4v) is 3.26. The summed E-state index contributed by atoms with van der Waals surface area (Å²) in [4.78, 5) is 14.3. The van der Waals surface area contributed by atoms with Crippen molar-refractivity contribution in [2.24, 2.45) is 5.41 Å². The van der Waals surface area contributed by atoms with E-state index in [2.05, 4.69) is 24.1 Å². The molecule has 1 unspecified atom stereocenters. The maximum absolute atomic E-state index is 12.2. The third-order valence-electron chi connectivity index (χ3n) is 4.37. The minimum absolute atomic E-state index is 0.316. The summed E-state index contributed by atoms with van der Waals surface area (Å²) in [6.07, 6.45) is 8.04.